The molecule has 0 aliphatic rings. The number of nitrogens with one attached hydrogen (secondary N) is 1. The third-order valence-electron chi connectivity index (χ3n) is 3.30. The van der Waals surface area contributed by atoms with Crippen LogP contribution < -0.4 is 10.1 Å². The number of carbonyl (C=O) groups is 1. The van der Waals surface area contributed by atoms with E-state index in [4.69, 9.17) is 4.74 Å². The van der Waals surface area contributed by atoms with Gasteiger partial charge in [-0.1, -0.05) is 0 Å². The van der Waals surface area contributed by atoms with E-state index in [1.54, 1.807) is 0 Å². The van der Waals surface area contributed by atoms with E-state index in [2.05, 4.69) is 10.4 Å². The fourth-order valence-corrected chi connectivity index (χ4v) is 2.06. The second kappa shape index (κ2) is 7.26. The standard InChI is InChI=1S/C17H11F4N3O2/c18-10-2-4-16(13(21)7-10)26-9-24-6-5-14(23-24)17(25)22-15-8-11(19)1-3-12(15)20/h1-8H,9H2,(H,22,25). The van der Waals surface area contributed by atoms with E-state index in [1.165, 1.54) is 16.9 Å². The van der Waals surface area contributed by atoms with Crippen molar-refractivity contribution in [2.75, 3.05) is 5.32 Å². The smallest absolute Gasteiger partial charge is 0.276 e. The van der Waals surface area contributed by atoms with E-state index in [-0.39, 0.29) is 23.9 Å². The molecule has 0 spiro atoms. The highest BCUT2D eigenvalue weighted by Crippen LogP contribution is 2.18. The van der Waals surface area contributed by atoms with Gasteiger partial charge in [0.25, 0.3) is 5.91 Å². The Hall–Kier alpha value is -3.36. The Bertz CT molecular complexity index is 959. The van der Waals surface area contributed by atoms with Gasteiger partial charge in [0.05, 0.1) is 5.69 Å². The minimum Gasteiger partial charge on any atom is -0.468 e. The van der Waals surface area contributed by atoms with Crippen LogP contribution in [0.4, 0.5) is 23.2 Å². The quantitative estimate of drug-likeness (QED) is 0.701. The summed E-state index contributed by atoms with van der Waals surface area (Å²) in [6, 6.07) is 6.79. The number of hydrogen-bond donors (Lipinski definition) is 1. The first kappa shape index (κ1) is 17.5. The lowest BCUT2D eigenvalue weighted by molar-refractivity contribution is 0.101. The molecule has 0 saturated carbocycles. The maximum absolute atomic E-state index is 13.5. The number of hydrogen-bond acceptors (Lipinski definition) is 3. The molecule has 0 bridgehead atoms. The second-order valence-electron chi connectivity index (χ2n) is 5.17. The van der Waals surface area contributed by atoms with E-state index in [1.807, 2.05) is 0 Å². The van der Waals surface area contributed by atoms with Crippen LogP contribution in [0.25, 0.3) is 0 Å². The zero-order valence-corrected chi connectivity index (χ0v) is 13.0. The van der Waals surface area contributed by atoms with Crippen molar-refractivity contribution < 1.29 is 27.1 Å². The minimum atomic E-state index is -0.878. The first-order valence-corrected chi connectivity index (χ1v) is 7.30. The van der Waals surface area contributed by atoms with Crippen LogP contribution in [0.3, 0.4) is 0 Å². The molecule has 0 aliphatic heterocycles. The fraction of sp³-hybridized carbons (Fsp3) is 0.0588. The molecule has 1 heterocycles. The molecule has 0 unspecified atom stereocenters. The minimum absolute atomic E-state index is 0.0863. The molecular formula is C17H11F4N3O2. The zero-order valence-electron chi connectivity index (χ0n) is 13.0. The average molecular weight is 365 g/mol. The Morgan fingerprint density at radius 2 is 1.73 bits per heavy atom. The van der Waals surface area contributed by atoms with Crippen molar-refractivity contribution in [2.45, 2.75) is 6.73 Å². The summed E-state index contributed by atoms with van der Waals surface area (Å²) < 4.78 is 59.3. The molecule has 0 aliphatic carbocycles. The maximum atomic E-state index is 13.5. The summed E-state index contributed by atoms with van der Waals surface area (Å²) in [5, 5.41) is 6.09. The van der Waals surface area contributed by atoms with Crippen LogP contribution >= 0.6 is 0 Å². The molecule has 0 radical (unpaired) electrons. The van der Waals surface area contributed by atoms with Gasteiger partial charge in [-0.05, 0) is 30.3 Å². The van der Waals surface area contributed by atoms with E-state index < -0.39 is 29.2 Å². The average Bonchev–Trinajstić information content (AvgIpc) is 3.06. The molecule has 26 heavy (non-hydrogen) atoms. The normalized spacial score (nSPS) is 10.6. The first-order chi connectivity index (χ1) is 12.4. The number of rotatable bonds is 5. The van der Waals surface area contributed by atoms with Gasteiger partial charge in [0.15, 0.2) is 24.0 Å². The molecule has 3 aromatic rings. The highest BCUT2D eigenvalue weighted by Gasteiger charge is 2.13. The summed E-state index contributed by atoms with van der Waals surface area (Å²) in [7, 11) is 0. The molecule has 1 N–H and O–H groups in total. The van der Waals surface area contributed by atoms with E-state index in [0.29, 0.717) is 6.07 Å². The molecule has 5 nitrogen and oxygen atoms in total. The third-order valence-corrected chi connectivity index (χ3v) is 3.30. The molecule has 3 rings (SSSR count). The Labute approximate surface area is 144 Å². The van der Waals surface area contributed by atoms with Crippen molar-refractivity contribution in [3.8, 4) is 5.75 Å². The van der Waals surface area contributed by atoms with Gasteiger partial charge in [-0.15, -0.1) is 0 Å². The van der Waals surface area contributed by atoms with E-state index in [9.17, 15) is 22.4 Å². The van der Waals surface area contributed by atoms with Gasteiger partial charge in [-0.2, -0.15) is 5.10 Å². The van der Waals surface area contributed by atoms with Gasteiger partial charge in [-0.25, -0.2) is 22.2 Å². The monoisotopic (exact) mass is 365 g/mol. The lowest BCUT2D eigenvalue weighted by Gasteiger charge is -2.07. The van der Waals surface area contributed by atoms with Crippen molar-refractivity contribution in [2.24, 2.45) is 0 Å². The SMILES string of the molecule is O=C(Nc1cc(F)ccc1F)c1ccn(COc2ccc(F)cc2F)n1. The van der Waals surface area contributed by atoms with Crippen LogP contribution in [0.2, 0.25) is 0 Å². The van der Waals surface area contributed by atoms with Crippen LogP contribution in [-0.4, -0.2) is 15.7 Å². The Kier molecular flexibility index (Phi) is 4.87. The number of halogens is 4. The van der Waals surface area contributed by atoms with Crippen LogP contribution in [0.5, 0.6) is 5.75 Å². The number of ether oxygens (including phenoxy) is 1. The summed E-state index contributed by atoms with van der Waals surface area (Å²) in [5.74, 6) is -4.07. The predicted molar refractivity (Wildman–Crippen MR) is 83.5 cm³/mol. The molecule has 1 amide bonds. The van der Waals surface area contributed by atoms with E-state index in [0.717, 1.165) is 30.3 Å². The third kappa shape index (κ3) is 4.00. The van der Waals surface area contributed by atoms with Crippen molar-refractivity contribution in [1.82, 2.24) is 9.78 Å². The zero-order chi connectivity index (χ0) is 18.7. The van der Waals surface area contributed by atoms with Crippen LogP contribution in [-0.2, 0) is 6.73 Å². The summed E-state index contributed by atoms with van der Waals surface area (Å²) in [6.07, 6.45) is 1.37. The Balaban J connectivity index is 1.65. The second-order valence-corrected chi connectivity index (χ2v) is 5.17. The highest BCUT2D eigenvalue weighted by molar-refractivity contribution is 6.02. The van der Waals surface area contributed by atoms with Gasteiger partial charge in [0, 0.05) is 18.3 Å². The van der Waals surface area contributed by atoms with Crippen molar-refractivity contribution in [3.05, 3.63) is 77.6 Å². The summed E-state index contributed by atoms with van der Waals surface area (Å²) in [6.45, 7) is -0.246. The first-order valence-electron chi connectivity index (χ1n) is 7.30. The molecule has 0 fully saturated rings. The van der Waals surface area contributed by atoms with E-state index >= 15 is 0 Å². The Morgan fingerprint density at radius 1 is 1.00 bits per heavy atom. The number of anilines is 1. The lowest BCUT2D eigenvalue weighted by atomic mass is 10.3. The summed E-state index contributed by atoms with van der Waals surface area (Å²) in [5.41, 5.74) is -0.411. The topological polar surface area (TPSA) is 56.2 Å². The highest BCUT2D eigenvalue weighted by atomic mass is 19.1. The molecule has 134 valence electrons. The van der Waals surface area contributed by atoms with Gasteiger partial charge in [0.2, 0.25) is 0 Å². The lowest BCUT2D eigenvalue weighted by Crippen LogP contribution is -2.15. The van der Waals surface area contributed by atoms with Crippen molar-refractivity contribution in [3.63, 3.8) is 0 Å². The van der Waals surface area contributed by atoms with Crippen molar-refractivity contribution in [1.29, 1.82) is 0 Å². The molecule has 9 heteroatoms. The molecule has 0 saturated heterocycles. The van der Waals surface area contributed by atoms with Crippen LogP contribution in [0.15, 0.2) is 48.7 Å². The maximum Gasteiger partial charge on any atom is 0.276 e. The fourth-order valence-electron chi connectivity index (χ4n) is 2.06. The van der Waals surface area contributed by atoms with Crippen LogP contribution in [0.1, 0.15) is 10.5 Å². The van der Waals surface area contributed by atoms with Gasteiger partial charge in [0.1, 0.15) is 17.5 Å². The van der Waals surface area contributed by atoms with Crippen molar-refractivity contribution >= 4 is 11.6 Å². The summed E-state index contributed by atoms with van der Waals surface area (Å²) in [4.78, 5) is 12.0. The Morgan fingerprint density at radius 3 is 2.50 bits per heavy atom. The van der Waals surface area contributed by atoms with Gasteiger partial charge < -0.3 is 10.1 Å². The molecule has 1 aromatic heterocycles. The number of amides is 1. The predicted octanol–water partition coefficient (Wildman–Crippen LogP) is 3.73. The molecule has 2 aromatic carbocycles. The molecule has 0 atom stereocenters. The largest absolute Gasteiger partial charge is 0.468 e. The number of carbonyl (C=O) groups excluding carboxylic acids is 1. The van der Waals surface area contributed by atoms with Crippen LogP contribution in [0, 0.1) is 23.3 Å². The molecular weight excluding hydrogens is 354 g/mol. The summed E-state index contributed by atoms with van der Waals surface area (Å²) >= 11 is 0. The number of nitrogens with zero attached hydrogens (tertiary/aromatic N) is 2. The van der Waals surface area contributed by atoms with Gasteiger partial charge >= 0.3 is 0 Å². The van der Waals surface area contributed by atoms with Gasteiger partial charge in [-0.3, -0.25) is 4.79 Å². The number of benzene rings is 2. The number of aromatic nitrogens is 2.